The van der Waals surface area contributed by atoms with Gasteiger partial charge >= 0.3 is 5.97 Å². The molecule has 8 nitrogen and oxygen atoms in total. The smallest absolute Gasteiger partial charge is 0.311 e. The van der Waals surface area contributed by atoms with Gasteiger partial charge in [-0.15, -0.1) is 0 Å². The van der Waals surface area contributed by atoms with Gasteiger partial charge in [0.15, 0.2) is 0 Å². The molecule has 2 fully saturated rings. The number of piperidine rings is 1. The molecule has 220 valence electrons. The molecule has 1 N–H and O–H groups in total. The van der Waals surface area contributed by atoms with E-state index in [4.69, 9.17) is 19.2 Å². The summed E-state index contributed by atoms with van der Waals surface area (Å²) in [5.41, 5.74) is 0.375. The third-order valence-corrected chi connectivity index (χ3v) is 7.82. The minimum Gasteiger partial charge on any atom is -0.491 e. The zero-order chi connectivity index (χ0) is 28.7. The quantitative estimate of drug-likeness (QED) is 0.295. The first kappa shape index (κ1) is 30.1. The molecule has 2 heterocycles. The number of esters is 1. The van der Waals surface area contributed by atoms with Crippen molar-refractivity contribution in [3.05, 3.63) is 30.0 Å². The standard InChI is InChI=1S/C32H47N3O5/c1-22(2)35(24-13-10-16-33-20-24)30(36)26-19-28(38-17-18-39-31(37)32(3,4)5)25-14-9-15-27(29(25)34-26)40-21-23-11-7-6-8-12-23/h9,14-15,19,22-24,33H,6-8,10-13,16-18,20-21H2,1-5H3/t24-/m1/s1. The van der Waals surface area contributed by atoms with Crippen LogP contribution in [-0.4, -0.2) is 66.8 Å². The highest BCUT2D eigenvalue weighted by atomic mass is 16.6. The van der Waals surface area contributed by atoms with Gasteiger partial charge in [0.05, 0.1) is 12.0 Å². The summed E-state index contributed by atoms with van der Waals surface area (Å²) in [6.07, 6.45) is 8.16. The summed E-state index contributed by atoms with van der Waals surface area (Å²) < 4.78 is 17.9. The molecule has 2 aliphatic rings. The second-order valence-corrected chi connectivity index (χ2v) is 12.5. The van der Waals surface area contributed by atoms with Crippen molar-refractivity contribution in [3.63, 3.8) is 0 Å². The molecule has 1 saturated carbocycles. The minimum absolute atomic E-state index is 0.0221. The summed E-state index contributed by atoms with van der Waals surface area (Å²) in [5.74, 6) is 1.35. The molecule has 0 unspecified atom stereocenters. The molecule has 0 bridgehead atoms. The van der Waals surface area contributed by atoms with Crippen molar-refractivity contribution in [2.75, 3.05) is 32.9 Å². The van der Waals surface area contributed by atoms with E-state index in [9.17, 15) is 9.59 Å². The second kappa shape index (κ2) is 13.7. The van der Waals surface area contributed by atoms with Crippen LogP contribution in [0, 0.1) is 11.3 Å². The zero-order valence-electron chi connectivity index (χ0n) is 25.0. The first-order valence-electron chi connectivity index (χ1n) is 15.0. The number of rotatable bonds is 10. The summed E-state index contributed by atoms with van der Waals surface area (Å²) in [6.45, 7) is 12.2. The van der Waals surface area contributed by atoms with Crippen molar-refractivity contribution in [3.8, 4) is 11.5 Å². The SMILES string of the molecule is CC(C)N(C(=O)c1cc(OCCOC(=O)C(C)(C)C)c2cccc(OCC3CCCCC3)c2n1)[C@@H]1CCCNC1. The van der Waals surface area contributed by atoms with Gasteiger partial charge in [-0.1, -0.05) is 25.3 Å². The normalized spacial score (nSPS) is 18.5. The number of para-hydroxylation sites is 1. The van der Waals surface area contributed by atoms with Crippen molar-refractivity contribution in [2.45, 2.75) is 91.6 Å². The molecule has 2 aromatic rings. The average Bonchev–Trinajstić information content (AvgIpc) is 2.94. The van der Waals surface area contributed by atoms with Crippen molar-refractivity contribution >= 4 is 22.8 Å². The maximum absolute atomic E-state index is 14.0. The number of carbonyl (C=O) groups excluding carboxylic acids is 2. The highest BCUT2D eigenvalue weighted by Crippen LogP contribution is 2.34. The fourth-order valence-electron chi connectivity index (χ4n) is 5.63. The third-order valence-electron chi connectivity index (χ3n) is 7.82. The summed E-state index contributed by atoms with van der Waals surface area (Å²) in [7, 11) is 0. The molecule has 1 atom stereocenters. The first-order valence-corrected chi connectivity index (χ1v) is 15.0. The Balaban J connectivity index is 1.63. The molecule has 0 spiro atoms. The fourth-order valence-corrected chi connectivity index (χ4v) is 5.63. The highest BCUT2D eigenvalue weighted by molar-refractivity contribution is 5.98. The van der Waals surface area contributed by atoms with E-state index in [2.05, 4.69) is 5.32 Å². The molecular formula is C32H47N3O5. The van der Waals surface area contributed by atoms with Crippen LogP contribution in [0.5, 0.6) is 11.5 Å². The van der Waals surface area contributed by atoms with Gasteiger partial charge in [0.1, 0.15) is 35.9 Å². The van der Waals surface area contributed by atoms with E-state index < -0.39 is 5.41 Å². The average molecular weight is 554 g/mol. The van der Waals surface area contributed by atoms with Crippen LogP contribution in [0.2, 0.25) is 0 Å². The number of aromatic nitrogens is 1. The van der Waals surface area contributed by atoms with Crippen LogP contribution in [0.4, 0.5) is 0 Å². The number of benzene rings is 1. The van der Waals surface area contributed by atoms with Gasteiger partial charge in [0.2, 0.25) is 0 Å². The zero-order valence-corrected chi connectivity index (χ0v) is 25.0. The van der Waals surface area contributed by atoms with Gasteiger partial charge in [0.25, 0.3) is 5.91 Å². The Morgan fingerprint density at radius 2 is 1.80 bits per heavy atom. The van der Waals surface area contributed by atoms with Crippen LogP contribution in [0.15, 0.2) is 24.3 Å². The molecule has 1 aromatic carbocycles. The lowest BCUT2D eigenvalue weighted by Crippen LogP contribution is -2.51. The molecule has 40 heavy (non-hydrogen) atoms. The Morgan fingerprint density at radius 1 is 1.02 bits per heavy atom. The summed E-state index contributed by atoms with van der Waals surface area (Å²) in [5, 5.41) is 4.20. The molecular weight excluding hydrogens is 506 g/mol. The van der Waals surface area contributed by atoms with E-state index in [0.29, 0.717) is 35.2 Å². The van der Waals surface area contributed by atoms with E-state index in [0.717, 1.165) is 31.3 Å². The van der Waals surface area contributed by atoms with Crippen molar-refractivity contribution in [1.82, 2.24) is 15.2 Å². The largest absolute Gasteiger partial charge is 0.491 e. The number of nitrogens with zero attached hydrogens (tertiary/aromatic N) is 2. The highest BCUT2D eigenvalue weighted by Gasteiger charge is 2.30. The second-order valence-electron chi connectivity index (χ2n) is 12.5. The molecule has 1 aliphatic carbocycles. The predicted octanol–water partition coefficient (Wildman–Crippen LogP) is 5.76. The van der Waals surface area contributed by atoms with Gasteiger partial charge in [-0.2, -0.15) is 0 Å². The van der Waals surface area contributed by atoms with Gasteiger partial charge in [-0.3, -0.25) is 9.59 Å². The Kier molecular flexibility index (Phi) is 10.3. The lowest BCUT2D eigenvalue weighted by molar-refractivity contribution is -0.153. The maximum Gasteiger partial charge on any atom is 0.311 e. The molecule has 1 aromatic heterocycles. The molecule has 8 heteroatoms. The number of hydrogen-bond donors (Lipinski definition) is 1. The Morgan fingerprint density at radius 3 is 2.48 bits per heavy atom. The third kappa shape index (κ3) is 7.65. The minimum atomic E-state index is -0.582. The summed E-state index contributed by atoms with van der Waals surface area (Å²) in [4.78, 5) is 33.0. The number of pyridine rings is 1. The molecule has 1 amide bonds. The van der Waals surface area contributed by atoms with E-state index in [1.54, 1.807) is 6.07 Å². The van der Waals surface area contributed by atoms with Crippen LogP contribution in [-0.2, 0) is 9.53 Å². The summed E-state index contributed by atoms with van der Waals surface area (Å²) in [6, 6.07) is 7.65. The van der Waals surface area contributed by atoms with Crippen LogP contribution in [0.1, 0.15) is 90.1 Å². The lowest BCUT2D eigenvalue weighted by atomic mass is 9.90. The first-order chi connectivity index (χ1) is 19.1. The van der Waals surface area contributed by atoms with Crippen molar-refractivity contribution in [2.24, 2.45) is 11.3 Å². The number of ether oxygens (including phenoxy) is 3. The molecule has 1 aliphatic heterocycles. The number of carbonyl (C=O) groups is 2. The fraction of sp³-hybridized carbons (Fsp3) is 0.656. The number of amides is 1. The monoisotopic (exact) mass is 553 g/mol. The van der Waals surface area contributed by atoms with E-state index in [1.807, 2.05) is 57.7 Å². The predicted molar refractivity (Wildman–Crippen MR) is 157 cm³/mol. The number of hydrogen-bond acceptors (Lipinski definition) is 7. The van der Waals surface area contributed by atoms with Gasteiger partial charge in [-0.05, 0) is 84.9 Å². The summed E-state index contributed by atoms with van der Waals surface area (Å²) >= 11 is 0. The van der Waals surface area contributed by atoms with Crippen LogP contribution in [0.25, 0.3) is 10.9 Å². The molecule has 0 radical (unpaired) electrons. The maximum atomic E-state index is 14.0. The van der Waals surface area contributed by atoms with Crippen LogP contribution < -0.4 is 14.8 Å². The Hall–Kier alpha value is -2.87. The van der Waals surface area contributed by atoms with Gasteiger partial charge < -0.3 is 24.4 Å². The van der Waals surface area contributed by atoms with E-state index in [-0.39, 0.29) is 37.2 Å². The van der Waals surface area contributed by atoms with Gasteiger partial charge in [0, 0.05) is 30.1 Å². The van der Waals surface area contributed by atoms with Crippen molar-refractivity contribution in [1.29, 1.82) is 0 Å². The van der Waals surface area contributed by atoms with E-state index in [1.165, 1.54) is 32.1 Å². The Labute approximate surface area is 239 Å². The van der Waals surface area contributed by atoms with E-state index >= 15 is 0 Å². The number of nitrogens with one attached hydrogen (secondary N) is 1. The van der Waals surface area contributed by atoms with Crippen LogP contribution in [0.3, 0.4) is 0 Å². The van der Waals surface area contributed by atoms with Crippen LogP contribution >= 0.6 is 0 Å². The van der Waals surface area contributed by atoms with Crippen molar-refractivity contribution < 1.29 is 23.8 Å². The lowest BCUT2D eigenvalue weighted by Gasteiger charge is -2.37. The molecule has 1 saturated heterocycles. The van der Waals surface area contributed by atoms with Gasteiger partial charge in [-0.25, -0.2) is 4.98 Å². The topological polar surface area (TPSA) is 90.0 Å². The number of fused-ring (bicyclic) bond motifs is 1. The Bertz CT molecular complexity index is 1150. The molecule has 4 rings (SSSR count).